The van der Waals surface area contributed by atoms with Crippen LogP contribution in [0.4, 0.5) is 8.78 Å². The molecule has 1 unspecified atom stereocenters. The van der Waals surface area contributed by atoms with E-state index in [2.05, 4.69) is 9.72 Å². The molecule has 2 rings (SSSR count). The molecule has 0 saturated heterocycles. The first kappa shape index (κ1) is 15.2. The van der Waals surface area contributed by atoms with Gasteiger partial charge in [0.2, 0.25) is 0 Å². The van der Waals surface area contributed by atoms with Crippen LogP contribution in [0.1, 0.15) is 30.0 Å². The third kappa shape index (κ3) is 3.49. The molecule has 5 nitrogen and oxygen atoms in total. The lowest BCUT2D eigenvalue weighted by molar-refractivity contribution is -0.0514. The lowest BCUT2D eigenvalue weighted by Gasteiger charge is -2.15. The van der Waals surface area contributed by atoms with Gasteiger partial charge in [0.05, 0.1) is 18.3 Å². The minimum absolute atomic E-state index is 0.0305. The number of hydrogen-bond donors (Lipinski definition) is 1. The van der Waals surface area contributed by atoms with Crippen molar-refractivity contribution in [2.75, 3.05) is 6.61 Å². The maximum Gasteiger partial charge on any atom is 0.387 e. The molecule has 0 aliphatic heterocycles. The van der Waals surface area contributed by atoms with E-state index in [1.807, 2.05) is 0 Å². The molecule has 0 aliphatic rings. The van der Waals surface area contributed by atoms with Gasteiger partial charge in [-0.05, 0) is 31.5 Å². The fraction of sp³-hybridized carbons (Fsp3) is 0.357. The van der Waals surface area contributed by atoms with Gasteiger partial charge >= 0.3 is 6.61 Å². The number of aryl methyl sites for hydroxylation is 1. The Labute approximate surface area is 120 Å². The molecule has 0 fully saturated rings. The van der Waals surface area contributed by atoms with Gasteiger partial charge in [-0.2, -0.15) is 8.78 Å². The van der Waals surface area contributed by atoms with Crippen LogP contribution < -0.4 is 15.2 Å². The van der Waals surface area contributed by atoms with Crippen molar-refractivity contribution in [2.45, 2.75) is 26.5 Å². The quantitative estimate of drug-likeness (QED) is 0.887. The van der Waals surface area contributed by atoms with E-state index in [9.17, 15) is 8.78 Å². The van der Waals surface area contributed by atoms with E-state index in [4.69, 9.17) is 14.9 Å². The summed E-state index contributed by atoms with van der Waals surface area (Å²) >= 11 is 0. The zero-order valence-electron chi connectivity index (χ0n) is 11.7. The molecule has 2 aromatic rings. The Hall–Kier alpha value is -2.15. The number of rotatable bonds is 6. The lowest BCUT2D eigenvalue weighted by atomic mass is 10.0. The minimum Gasteiger partial charge on any atom is -0.490 e. The number of alkyl halides is 2. The summed E-state index contributed by atoms with van der Waals surface area (Å²) in [6.07, 6.45) is 1.31. The van der Waals surface area contributed by atoms with E-state index in [0.717, 1.165) is 0 Å². The summed E-state index contributed by atoms with van der Waals surface area (Å²) in [5, 5.41) is 0. The number of nitrogens with zero attached hydrogens (tertiary/aromatic N) is 1. The highest BCUT2D eigenvalue weighted by Gasteiger charge is 2.19. The van der Waals surface area contributed by atoms with Crippen LogP contribution in [0.5, 0.6) is 11.5 Å². The molecule has 7 heteroatoms. The summed E-state index contributed by atoms with van der Waals surface area (Å²) in [6, 6.07) is 3.99. The van der Waals surface area contributed by atoms with Gasteiger partial charge < -0.3 is 19.6 Å². The van der Waals surface area contributed by atoms with Crippen LogP contribution in [-0.2, 0) is 0 Å². The first-order chi connectivity index (χ1) is 10.0. The number of benzene rings is 1. The number of ether oxygens (including phenoxy) is 2. The van der Waals surface area contributed by atoms with Gasteiger partial charge in [-0.1, -0.05) is 6.07 Å². The molecule has 1 aromatic heterocycles. The standard InChI is InChI=1S/C14H16F2N2O3/c1-3-19-11-6-9(4-5-10(11)21-14(15)16)12(17)13-8(2)18-7-20-13/h4-7,12,14H,3,17H2,1-2H3. The molecule has 0 saturated carbocycles. The molecule has 0 spiro atoms. The minimum atomic E-state index is -2.92. The van der Waals surface area contributed by atoms with Gasteiger partial charge in [-0.25, -0.2) is 4.98 Å². The van der Waals surface area contributed by atoms with Crippen molar-refractivity contribution in [3.05, 3.63) is 41.6 Å². The molecule has 0 radical (unpaired) electrons. The Morgan fingerprint density at radius 1 is 1.33 bits per heavy atom. The predicted molar refractivity (Wildman–Crippen MR) is 71.5 cm³/mol. The second-order valence-electron chi connectivity index (χ2n) is 4.30. The molecule has 1 atom stereocenters. The predicted octanol–water partition coefficient (Wildman–Crippen LogP) is 3.03. The highest BCUT2D eigenvalue weighted by atomic mass is 19.3. The molecule has 114 valence electrons. The third-order valence-electron chi connectivity index (χ3n) is 2.91. The van der Waals surface area contributed by atoms with Crippen molar-refractivity contribution in [3.8, 4) is 11.5 Å². The molecule has 2 N–H and O–H groups in total. The van der Waals surface area contributed by atoms with Crippen LogP contribution >= 0.6 is 0 Å². The molecule has 1 aromatic carbocycles. The lowest BCUT2D eigenvalue weighted by Crippen LogP contribution is -2.13. The average molecular weight is 298 g/mol. The Kier molecular flexibility index (Phi) is 4.74. The van der Waals surface area contributed by atoms with Crippen LogP contribution in [0.3, 0.4) is 0 Å². The summed E-state index contributed by atoms with van der Waals surface area (Å²) < 4.78 is 39.7. The van der Waals surface area contributed by atoms with E-state index < -0.39 is 12.7 Å². The molecule has 1 heterocycles. The Morgan fingerprint density at radius 2 is 2.10 bits per heavy atom. The van der Waals surface area contributed by atoms with Gasteiger partial charge in [-0.15, -0.1) is 0 Å². The monoisotopic (exact) mass is 298 g/mol. The molecular weight excluding hydrogens is 282 g/mol. The van der Waals surface area contributed by atoms with Crippen LogP contribution in [-0.4, -0.2) is 18.2 Å². The molecular formula is C14H16F2N2O3. The Balaban J connectivity index is 2.33. The molecule has 21 heavy (non-hydrogen) atoms. The number of hydrogen-bond acceptors (Lipinski definition) is 5. The van der Waals surface area contributed by atoms with Crippen molar-refractivity contribution in [3.63, 3.8) is 0 Å². The summed E-state index contributed by atoms with van der Waals surface area (Å²) in [6.45, 7) is 0.926. The van der Waals surface area contributed by atoms with Gasteiger partial charge in [-0.3, -0.25) is 0 Å². The van der Waals surface area contributed by atoms with Crippen molar-refractivity contribution < 1.29 is 22.7 Å². The first-order valence-corrected chi connectivity index (χ1v) is 6.40. The third-order valence-corrected chi connectivity index (χ3v) is 2.91. The van der Waals surface area contributed by atoms with E-state index >= 15 is 0 Å². The van der Waals surface area contributed by atoms with Gasteiger partial charge in [0, 0.05) is 0 Å². The normalized spacial score (nSPS) is 12.5. The van der Waals surface area contributed by atoms with Crippen LogP contribution in [0, 0.1) is 6.92 Å². The van der Waals surface area contributed by atoms with E-state index in [-0.39, 0.29) is 11.5 Å². The van der Waals surface area contributed by atoms with Crippen molar-refractivity contribution in [1.29, 1.82) is 0 Å². The van der Waals surface area contributed by atoms with Crippen LogP contribution in [0.2, 0.25) is 0 Å². The smallest absolute Gasteiger partial charge is 0.387 e. The van der Waals surface area contributed by atoms with Crippen molar-refractivity contribution >= 4 is 0 Å². The topological polar surface area (TPSA) is 70.5 Å². The van der Waals surface area contributed by atoms with Gasteiger partial charge in [0.25, 0.3) is 0 Å². The fourth-order valence-corrected chi connectivity index (χ4v) is 1.94. The van der Waals surface area contributed by atoms with E-state index in [0.29, 0.717) is 23.6 Å². The maximum atomic E-state index is 12.4. The zero-order chi connectivity index (χ0) is 15.4. The highest BCUT2D eigenvalue weighted by molar-refractivity contribution is 5.45. The van der Waals surface area contributed by atoms with Gasteiger partial charge in [0.15, 0.2) is 17.9 Å². The van der Waals surface area contributed by atoms with Crippen LogP contribution in [0.25, 0.3) is 0 Å². The number of halogens is 2. The summed E-state index contributed by atoms with van der Waals surface area (Å²) in [5.41, 5.74) is 7.43. The largest absolute Gasteiger partial charge is 0.490 e. The number of nitrogens with two attached hydrogens (primary N) is 1. The highest BCUT2D eigenvalue weighted by Crippen LogP contribution is 2.33. The van der Waals surface area contributed by atoms with Crippen molar-refractivity contribution in [1.82, 2.24) is 4.98 Å². The summed E-state index contributed by atoms with van der Waals surface area (Å²) in [5.74, 6) is 0.694. The molecule has 0 amide bonds. The number of oxazole rings is 1. The molecule has 0 bridgehead atoms. The van der Waals surface area contributed by atoms with Crippen LogP contribution in [0.15, 0.2) is 29.0 Å². The fourth-order valence-electron chi connectivity index (χ4n) is 1.94. The van der Waals surface area contributed by atoms with E-state index in [1.54, 1.807) is 26.0 Å². The zero-order valence-corrected chi connectivity index (χ0v) is 11.7. The SMILES string of the molecule is CCOc1cc(C(N)c2ocnc2C)ccc1OC(F)F. The molecule has 0 aliphatic carbocycles. The van der Waals surface area contributed by atoms with E-state index in [1.165, 1.54) is 12.5 Å². The average Bonchev–Trinajstić information content (AvgIpc) is 2.86. The number of aromatic nitrogens is 1. The summed E-state index contributed by atoms with van der Waals surface area (Å²) in [4.78, 5) is 3.98. The Bertz CT molecular complexity index is 602. The summed E-state index contributed by atoms with van der Waals surface area (Å²) in [7, 11) is 0. The Morgan fingerprint density at radius 3 is 2.67 bits per heavy atom. The van der Waals surface area contributed by atoms with Gasteiger partial charge in [0.1, 0.15) is 5.76 Å². The second kappa shape index (κ2) is 6.53. The van der Waals surface area contributed by atoms with Crippen molar-refractivity contribution in [2.24, 2.45) is 5.73 Å². The first-order valence-electron chi connectivity index (χ1n) is 6.40. The maximum absolute atomic E-state index is 12.4. The second-order valence-corrected chi connectivity index (χ2v) is 4.30.